The zero-order valence-electron chi connectivity index (χ0n) is 57.7. The van der Waals surface area contributed by atoms with E-state index in [1.807, 2.05) is 0 Å². The summed E-state index contributed by atoms with van der Waals surface area (Å²) >= 11 is 0. The first-order valence-corrected chi connectivity index (χ1v) is 39.5. The number of esters is 4. The summed E-state index contributed by atoms with van der Waals surface area (Å²) in [7, 11) is -9.90. The molecule has 0 rings (SSSR count). The zero-order chi connectivity index (χ0) is 65.7. The summed E-state index contributed by atoms with van der Waals surface area (Å²) in [5.74, 6) is -0.580. The maximum atomic E-state index is 13.0. The predicted octanol–water partition coefficient (Wildman–Crippen LogP) is 20.0. The van der Waals surface area contributed by atoms with E-state index in [9.17, 15) is 43.2 Å². The molecule has 6 atom stereocenters. The van der Waals surface area contributed by atoms with Crippen LogP contribution in [0.2, 0.25) is 0 Å². The molecule has 0 amide bonds. The number of unbranched alkanes of at least 4 members (excludes halogenated alkanes) is 38. The lowest BCUT2D eigenvalue weighted by Gasteiger charge is -2.21. The Kier molecular flexibility index (Phi) is 60.8. The molecule has 3 unspecified atom stereocenters. The maximum absolute atomic E-state index is 13.0. The van der Waals surface area contributed by atoms with Crippen LogP contribution in [0, 0.1) is 11.8 Å². The number of phosphoric ester groups is 2. The number of aliphatic hydroxyl groups is 1. The number of hydrogen-bond donors (Lipinski definition) is 3. The molecule has 528 valence electrons. The van der Waals surface area contributed by atoms with Gasteiger partial charge >= 0.3 is 39.5 Å². The fraction of sp³-hybridized carbons (Fsp3) is 0.943. The highest BCUT2D eigenvalue weighted by atomic mass is 31.2. The molecule has 0 heterocycles. The van der Waals surface area contributed by atoms with Crippen LogP contribution in [0.3, 0.4) is 0 Å². The van der Waals surface area contributed by atoms with Crippen molar-refractivity contribution < 1.29 is 80.2 Å². The van der Waals surface area contributed by atoms with Crippen molar-refractivity contribution in [2.45, 2.75) is 374 Å². The van der Waals surface area contributed by atoms with Gasteiger partial charge in [-0.15, -0.1) is 0 Å². The van der Waals surface area contributed by atoms with Crippen LogP contribution in [0.1, 0.15) is 356 Å². The van der Waals surface area contributed by atoms with Crippen LogP contribution in [0.15, 0.2) is 0 Å². The van der Waals surface area contributed by atoms with Gasteiger partial charge in [-0.3, -0.25) is 37.3 Å². The third kappa shape index (κ3) is 63.2. The van der Waals surface area contributed by atoms with Gasteiger partial charge in [0.15, 0.2) is 12.2 Å². The van der Waals surface area contributed by atoms with Gasteiger partial charge in [0, 0.05) is 25.7 Å². The first-order valence-electron chi connectivity index (χ1n) is 36.5. The molecule has 0 bridgehead atoms. The molecular weight excluding hydrogens is 1170 g/mol. The van der Waals surface area contributed by atoms with Crippen molar-refractivity contribution in [1.82, 2.24) is 0 Å². The molecule has 89 heavy (non-hydrogen) atoms. The molecule has 17 nitrogen and oxygen atoms in total. The summed E-state index contributed by atoms with van der Waals surface area (Å²) in [6.07, 6.45) is 46.9. The van der Waals surface area contributed by atoms with Crippen molar-refractivity contribution in [3.8, 4) is 0 Å². The Hall–Kier alpha value is -1.94. The van der Waals surface area contributed by atoms with Crippen molar-refractivity contribution in [3.63, 3.8) is 0 Å². The van der Waals surface area contributed by atoms with Crippen molar-refractivity contribution in [3.05, 3.63) is 0 Å². The molecule has 0 aromatic rings. The van der Waals surface area contributed by atoms with Crippen LogP contribution < -0.4 is 0 Å². The maximum Gasteiger partial charge on any atom is 0.472 e. The second kappa shape index (κ2) is 62.2. The molecule has 0 aliphatic heterocycles. The molecule has 0 spiro atoms. The molecule has 19 heteroatoms. The van der Waals surface area contributed by atoms with Crippen molar-refractivity contribution in [2.24, 2.45) is 11.8 Å². The van der Waals surface area contributed by atoms with E-state index in [-0.39, 0.29) is 25.7 Å². The van der Waals surface area contributed by atoms with E-state index in [0.717, 1.165) is 102 Å². The Balaban J connectivity index is 5.26. The Morgan fingerprint density at radius 3 is 0.854 bits per heavy atom. The number of rotatable bonds is 69. The van der Waals surface area contributed by atoms with Crippen molar-refractivity contribution >= 4 is 39.5 Å². The van der Waals surface area contributed by atoms with Gasteiger partial charge in [-0.2, -0.15) is 0 Å². The van der Waals surface area contributed by atoms with E-state index in [2.05, 4.69) is 41.5 Å². The molecule has 0 aliphatic rings. The normalized spacial score (nSPS) is 14.4. The number of carbonyl (C=O) groups excluding carboxylic acids is 4. The standard InChI is InChI=1S/C70H136O17P2/c1-7-10-12-14-16-18-20-24-28-36-42-48-54-69(74)86-65(58-80-67(72)52-46-40-34-27-22-19-17-15-13-11-8-2)60-84-88(76,77)82-56-64(71)57-83-89(78,79)85-61-66(59-81-68(73)53-47-41-35-31-30-33-39-45-51-63(6)9-3)87-70(75)55-49-43-37-29-25-21-23-26-32-38-44-50-62(4)5/h62-66,71H,7-61H2,1-6H3,(H,76,77)(H,78,79)/t63?,64-,65+,66+/m0/s1. The van der Waals surface area contributed by atoms with Crippen LogP contribution >= 0.6 is 15.6 Å². The van der Waals surface area contributed by atoms with Crippen LogP contribution in [0.4, 0.5) is 0 Å². The van der Waals surface area contributed by atoms with E-state index in [0.29, 0.717) is 25.7 Å². The summed E-state index contributed by atoms with van der Waals surface area (Å²) in [5.41, 5.74) is 0. The largest absolute Gasteiger partial charge is 0.472 e. The van der Waals surface area contributed by atoms with Crippen LogP contribution in [-0.2, 0) is 65.4 Å². The van der Waals surface area contributed by atoms with E-state index in [1.165, 1.54) is 173 Å². The number of ether oxygens (including phenoxy) is 4. The molecule has 0 aromatic heterocycles. The average Bonchev–Trinajstić information content (AvgIpc) is 3.50. The van der Waals surface area contributed by atoms with Gasteiger partial charge < -0.3 is 33.8 Å². The third-order valence-electron chi connectivity index (χ3n) is 16.6. The summed E-state index contributed by atoms with van der Waals surface area (Å²) < 4.78 is 68.3. The second-order valence-electron chi connectivity index (χ2n) is 26.0. The molecule has 0 aliphatic carbocycles. The third-order valence-corrected chi connectivity index (χ3v) is 18.5. The lowest BCUT2D eigenvalue weighted by molar-refractivity contribution is -0.161. The highest BCUT2D eigenvalue weighted by Crippen LogP contribution is 2.45. The first kappa shape index (κ1) is 87.1. The van der Waals surface area contributed by atoms with Gasteiger partial charge in [-0.25, -0.2) is 9.13 Å². The second-order valence-corrected chi connectivity index (χ2v) is 28.9. The monoisotopic (exact) mass is 1310 g/mol. The minimum atomic E-state index is -4.95. The molecule has 0 fully saturated rings. The van der Waals surface area contributed by atoms with E-state index in [1.54, 1.807) is 0 Å². The zero-order valence-corrected chi connectivity index (χ0v) is 59.5. The topological polar surface area (TPSA) is 237 Å². The van der Waals surface area contributed by atoms with E-state index in [4.69, 9.17) is 37.0 Å². The Bertz CT molecular complexity index is 1740. The fourth-order valence-corrected chi connectivity index (χ4v) is 12.1. The van der Waals surface area contributed by atoms with Crippen LogP contribution in [-0.4, -0.2) is 96.7 Å². The summed E-state index contributed by atoms with van der Waals surface area (Å²) in [5, 5.41) is 10.6. The van der Waals surface area contributed by atoms with Gasteiger partial charge in [0.1, 0.15) is 19.3 Å². The Labute approximate surface area is 543 Å². The van der Waals surface area contributed by atoms with Crippen molar-refractivity contribution in [1.29, 1.82) is 0 Å². The summed E-state index contributed by atoms with van der Waals surface area (Å²) in [6, 6.07) is 0. The minimum absolute atomic E-state index is 0.106. The molecule has 0 saturated heterocycles. The first-order chi connectivity index (χ1) is 42.9. The predicted molar refractivity (Wildman–Crippen MR) is 358 cm³/mol. The average molecular weight is 1310 g/mol. The Morgan fingerprint density at radius 1 is 0.326 bits per heavy atom. The lowest BCUT2D eigenvalue weighted by atomic mass is 9.99. The molecule has 0 radical (unpaired) electrons. The minimum Gasteiger partial charge on any atom is -0.462 e. The molecule has 3 N–H and O–H groups in total. The number of hydrogen-bond acceptors (Lipinski definition) is 15. The summed E-state index contributed by atoms with van der Waals surface area (Å²) in [4.78, 5) is 72.5. The number of phosphoric acid groups is 2. The van der Waals surface area contributed by atoms with E-state index >= 15 is 0 Å². The van der Waals surface area contributed by atoms with Gasteiger partial charge in [0.2, 0.25) is 0 Å². The number of carbonyl (C=O) groups is 4. The molecular formula is C70H136O17P2. The lowest BCUT2D eigenvalue weighted by Crippen LogP contribution is -2.30. The van der Waals surface area contributed by atoms with Gasteiger partial charge in [0.25, 0.3) is 0 Å². The highest BCUT2D eigenvalue weighted by molar-refractivity contribution is 7.47. The van der Waals surface area contributed by atoms with Gasteiger partial charge in [-0.1, -0.05) is 305 Å². The molecule has 0 aromatic carbocycles. The van der Waals surface area contributed by atoms with Crippen LogP contribution in [0.25, 0.3) is 0 Å². The molecule has 0 saturated carbocycles. The van der Waals surface area contributed by atoms with Crippen molar-refractivity contribution in [2.75, 3.05) is 39.6 Å². The van der Waals surface area contributed by atoms with Gasteiger partial charge in [-0.05, 0) is 37.5 Å². The van der Waals surface area contributed by atoms with Gasteiger partial charge in [0.05, 0.1) is 26.4 Å². The fourth-order valence-electron chi connectivity index (χ4n) is 10.6. The highest BCUT2D eigenvalue weighted by Gasteiger charge is 2.30. The Morgan fingerprint density at radius 2 is 0.573 bits per heavy atom. The van der Waals surface area contributed by atoms with E-state index < -0.39 is 97.5 Å². The quantitative estimate of drug-likeness (QED) is 0.0222. The smallest absolute Gasteiger partial charge is 0.462 e. The summed E-state index contributed by atoms with van der Waals surface area (Å²) in [6.45, 7) is 9.55. The number of aliphatic hydroxyl groups excluding tert-OH is 1. The van der Waals surface area contributed by atoms with Crippen LogP contribution in [0.5, 0.6) is 0 Å². The SMILES string of the molecule is CCCCCCCCCCCCCCC(=O)O[C@H](COC(=O)CCCCCCCCCCCCC)COP(=O)(O)OC[C@H](O)COP(=O)(O)OC[C@@H](COC(=O)CCCCCCCCCCC(C)CC)OC(=O)CCCCCCCCCCCCCC(C)C.